The van der Waals surface area contributed by atoms with Crippen molar-refractivity contribution in [3.05, 3.63) is 63.8 Å². The second-order valence-corrected chi connectivity index (χ2v) is 5.62. The van der Waals surface area contributed by atoms with Crippen molar-refractivity contribution in [3.8, 4) is 0 Å². The predicted molar refractivity (Wildman–Crippen MR) is 77.9 cm³/mol. The second kappa shape index (κ2) is 5.77. The van der Waals surface area contributed by atoms with Gasteiger partial charge in [-0.2, -0.15) is 13.2 Å². The minimum Gasteiger partial charge on any atom is -0.327 e. The predicted octanol–water partition coefficient (Wildman–Crippen LogP) is 3.28. The Bertz CT molecular complexity index is 827. The molecule has 126 valence electrons. The fourth-order valence-corrected chi connectivity index (χ4v) is 2.53. The number of aromatic amines is 1. The van der Waals surface area contributed by atoms with Crippen molar-refractivity contribution < 1.29 is 22.4 Å². The monoisotopic (exact) mass is 340 g/mol. The number of aromatic nitrogens is 1. The van der Waals surface area contributed by atoms with Crippen molar-refractivity contribution in [2.45, 2.75) is 18.5 Å². The normalized spacial score (nSPS) is 19.8. The van der Waals surface area contributed by atoms with Gasteiger partial charge in [-0.25, -0.2) is 4.39 Å². The van der Waals surface area contributed by atoms with E-state index >= 15 is 0 Å². The van der Waals surface area contributed by atoms with Crippen LogP contribution in [0, 0.1) is 11.7 Å². The number of hydrogen-bond acceptors (Lipinski definition) is 2. The van der Waals surface area contributed by atoms with Gasteiger partial charge >= 0.3 is 6.18 Å². The number of hydrogen-bond donors (Lipinski definition) is 2. The van der Waals surface area contributed by atoms with Gasteiger partial charge in [0.15, 0.2) is 0 Å². The van der Waals surface area contributed by atoms with Crippen molar-refractivity contribution in [1.82, 2.24) is 4.98 Å². The molecule has 1 heterocycles. The molecular formula is C16H12F4N2O2. The summed E-state index contributed by atoms with van der Waals surface area (Å²) in [6.45, 7) is 0. The summed E-state index contributed by atoms with van der Waals surface area (Å²) in [6.07, 6.45) is -3.58. The third-order valence-corrected chi connectivity index (χ3v) is 3.91. The van der Waals surface area contributed by atoms with Gasteiger partial charge in [-0.1, -0.05) is 12.1 Å². The van der Waals surface area contributed by atoms with E-state index in [-0.39, 0.29) is 5.92 Å². The van der Waals surface area contributed by atoms with E-state index in [0.29, 0.717) is 18.7 Å². The maximum Gasteiger partial charge on any atom is 0.417 e. The van der Waals surface area contributed by atoms with Crippen LogP contribution in [0.2, 0.25) is 0 Å². The van der Waals surface area contributed by atoms with Gasteiger partial charge in [0.2, 0.25) is 5.91 Å². The van der Waals surface area contributed by atoms with Crippen molar-refractivity contribution in [3.63, 3.8) is 0 Å². The van der Waals surface area contributed by atoms with Gasteiger partial charge in [-0.3, -0.25) is 9.59 Å². The average Bonchev–Trinajstić information content (AvgIpc) is 3.29. The molecular weight excluding hydrogens is 328 g/mol. The summed E-state index contributed by atoms with van der Waals surface area (Å²) in [5, 5.41) is 2.24. The lowest BCUT2D eigenvalue weighted by atomic mass is 10.1. The third kappa shape index (κ3) is 3.32. The summed E-state index contributed by atoms with van der Waals surface area (Å²) in [7, 11) is 0. The summed E-state index contributed by atoms with van der Waals surface area (Å²) < 4.78 is 50.9. The molecule has 2 aromatic rings. The summed E-state index contributed by atoms with van der Waals surface area (Å²) >= 11 is 0. The minimum absolute atomic E-state index is 0.129. The van der Waals surface area contributed by atoms with Gasteiger partial charge < -0.3 is 10.3 Å². The molecule has 8 heteroatoms. The molecule has 0 radical (unpaired) electrons. The number of halogens is 4. The molecule has 1 fully saturated rings. The SMILES string of the molecule is O=C(Nc1cc(C(F)(F)F)c[nH]c1=O)[C@@H]1C[C@@H]1c1ccc(F)cc1. The largest absolute Gasteiger partial charge is 0.417 e. The second-order valence-electron chi connectivity index (χ2n) is 5.62. The molecule has 1 aromatic carbocycles. The molecule has 0 spiro atoms. The number of anilines is 1. The fourth-order valence-electron chi connectivity index (χ4n) is 2.53. The molecule has 0 aliphatic heterocycles. The number of carbonyl (C=O) groups excluding carboxylic acids is 1. The van der Waals surface area contributed by atoms with Crippen LogP contribution in [0.25, 0.3) is 0 Å². The molecule has 2 atom stereocenters. The molecule has 0 bridgehead atoms. The smallest absolute Gasteiger partial charge is 0.327 e. The van der Waals surface area contributed by atoms with Crippen LogP contribution in [0.3, 0.4) is 0 Å². The van der Waals surface area contributed by atoms with Gasteiger partial charge in [-0.15, -0.1) is 0 Å². The highest BCUT2D eigenvalue weighted by atomic mass is 19.4. The van der Waals surface area contributed by atoms with Crippen LogP contribution >= 0.6 is 0 Å². The van der Waals surface area contributed by atoms with E-state index in [1.54, 1.807) is 12.1 Å². The van der Waals surface area contributed by atoms with Crippen LogP contribution < -0.4 is 10.9 Å². The average molecular weight is 340 g/mol. The number of amides is 1. The Morgan fingerprint density at radius 3 is 2.50 bits per heavy atom. The Kier molecular flexibility index (Phi) is 3.90. The Hall–Kier alpha value is -2.64. The maximum absolute atomic E-state index is 12.9. The van der Waals surface area contributed by atoms with Gasteiger partial charge in [0.1, 0.15) is 11.5 Å². The molecule has 3 rings (SSSR count). The first-order chi connectivity index (χ1) is 11.3. The van der Waals surface area contributed by atoms with Crippen molar-refractivity contribution in [2.24, 2.45) is 5.92 Å². The zero-order chi connectivity index (χ0) is 17.5. The summed E-state index contributed by atoms with van der Waals surface area (Å²) in [5.41, 5.74) is -1.53. The summed E-state index contributed by atoms with van der Waals surface area (Å²) in [5.74, 6) is -1.51. The Morgan fingerprint density at radius 1 is 1.21 bits per heavy atom. The summed E-state index contributed by atoms with van der Waals surface area (Å²) in [4.78, 5) is 25.7. The van der Waals surface area contributed by atoms with E-state index in [9.17, 15) is 27.2 Å². The summed E-state index contributed by atoms with van der Waals surface area (Å²) in [6, 6.07) is 6.28. The minimum atomic E-state index is -4.63. The highest BCUT2D eigenvalue weighted by molar-refractivity contribution is 5.95. The molecule has 24 heavy (non-hydrogen) atoms. The van der Waals surface area contributed by atoms with Crippen molar-refractivity contribution in [1.29, 1.82) is 0 Å². The van der Waals surface area contributed by atoms with E-state index in [1.165, 1.54) is 12.1 Å². The number of alkyl halides is 3. The van der Waals surface area contributed by atoms with Gasteiger partial charge in [-0.05, 0) is 36.1 Å². The Balaban J connectivity index is 1.72. The fraction of sp³-hybridized carbons (Fsp3) is 0.250. The van der Waals surface area contributed by atoms with Crippen LogP contribution in [-0.4, -0.2) is 10.9 Å². The number of carbonyl (C=O) groups is 1. The molecule has 0 saturated heterocycles. The molecule has 4 nitrogen and oxygen atoms in total. The van der Waals surface area contributed by atoms with Crippen LogP contribution in [0.5, 0.6) is 0 Å². The molecule has 1 amide bonds. The number of rotatable bonds is 3. The molecule has 2 N–H and O–H groups in total. The third-order valence-electron chi connectivity index (χ3n) is 3.91. The molecule has 0 unspecified atom stereocenters. The van der Waals surface area contributed by atoms with Gasteiger partial charge in [0.05, 0.1) is 5.56 Å². The standard InChI is InChI=1S/C16H12F4N2O2/c17-10-3-1-8(2-4-10)11-6-12(11)14(23)22-13-5-9(16(18,19)20)7-21-15(13)24/h1-5,7,11-12H,6H2,(H,21,24)(H,22,23)/t11-,12-/m1/s1. The van der Waals surface area contributed by atoms with Crippen LogP contribution in [0.15, 0.2) is 41.3 Å². The lowest BCUT2D eigenvalue weighted by molar-refractivity contribution is -0.137. The van der Waals surface area contributed by atoms with Crippen LogP contribution in [0.4, 0.5) is 23.2 Å². The molecule has 1 saturated carbocycles. The number of H-pyrrole nitrogens is 1. The maximum atomic E-state index is 12.9. The Morgan fingerprint density at radius 2 is 1.88 bits per heavy atom. The topological polar surface area (TPSA) is 62.0 Å². The quantitative estimate of drug-likeness (QED) is 0.843. The highest BCUT2D eigenvalue weighted by Crippen LogP contribution is 2.47. The van der Waals surface area contributed by atoms with E-state index in [0.717, 1.165) is 5.56 Å². The number of pyridine rings is 1. The van der Waals surface area contributed by atoms with E-state index in [1.807, 2.05) is 4.98 Å². The zero-order valence-corrected chi connectivity index (χ0v) is 12.2. The van der Waals surface area contributed by atoms with Crippen LogP contribution in [-0.2, 0) is 11.0 Å². The van der Waals surface area contributed by atoms with Crippen molar-refractivity contribution >= 4 is 11.6 Å². The van der Waals surface area contributed by atoms with Gasteiger partial charge in [0.25, 0.3) is 5.56 Å². The highest BCUT2D eigenvalue weighted by Gasteiger charge is 2.44. The molecule has 1 aliphatic carbocycles. The molecule has 1 aliphatic rings. The van der Waals surface area contributed by atoms with Crippen molar-refractivity contribution in [2.75, 3.05) is 5.32 Å². The van der Waals surface area contributed by atoms with Crippen LogP contribution in [0.1, 0.15) is 23.5 Å². The van der Waals surface area contributed by atoms with Gasteiger partial charge in [0, 0.05) is 12.1 Å². The Labute approximate surface area is 133 Å². The first-order valence-corrected chi connectivity index (χ1v) is 7.12. The first kappa shape index (κ1) is 16.2. The lowest BCUT2D eigenvalue weighted by Crippen LogP contribution is -2.22. The lowest BCUT2D eigenvalue weighted by Gasteiger charge is -2.09. The first-order valence-electron chi connectivity index (χ1n) is 7.12. The van der Waals surface area contributed by atoms with E-state index in [2.05, 4.69) is 5.32 Å². The van der Waals surface area contributed by atoms with E-state index in [4.69, 9.17) is 0 Å². The zero-order valence-electron chi connectivity index (χ0n) is 12.2. The number of nitrogens with one attached hydrogen (secondary N) is 2. The van der Waals surface area contributed by atoms with E-state index < -0.39 is 40.6 Å². The molecule has 1 aromatic heterocycles. The number of benzene rings is 1.